The summed E-state index contributed by atoms with van der Waals surface area (Å²) in [5.41, 5.74) is 0. The highest BCUT2D eigenvalue weighted by atomic mass is 16.6. The van der Waals surface area contributed by atoms with Crippen molar-refractivity contribution in [2.75, 3.05) is 26.3 Å². The molecule has 0 saturated heterocycles. The third-order valence-electron chi connectivity index (χ3n) is 1.66. The summed E-state index contributed by atoms with van der Waals surface area (Å²) in [5, 5.41) is 5.84. The maximum atomic E-state index is 11.0. The summed E-state index contributed by atoms with van der Waals surface area (Å²) >= 11 is 0. The molecule has 0 aliphatic carbocycles. The number of carbonyl (C=O) groups excluding carboxylic acids is 1. The zero-order chi connectivity index (χ0) is 12.4. The van der Waals surface area contributed by atoms with Crippen LogP contribution in [0.2, 0.25) is 0 Å². The summed E-state index contributed by atoms with van der Waals surface area (Å²) in [5.74, 6) is 0. The van der Waals surface area contributed by atoms with Crippen molar-refractivity contribution in [3.63, 3.8) is 0 Å². The van der Waals surface area contributed by atoms with Crippen LogP contribution in [0, 0.1) is 0 Å². The van der Waals surface area contributed by atoms with E-state index >= 15 is 0 Å². The fourth-order valence-electron chi connectivity index (χ4n) is 1.00. The maximum absolute atomic E-state index is 11.0. The fourth-order valence-corrected chi connectivity index (χ4v) is 1.00. The Hall–Kier alpha value is -0.810. The SMILES string of the molecule is CC(C)NCCOCCNC(=O)OC(C)C. The molecule has 96 valence electrons. The molecule has 2 N–H and O–H groups in total. The lowest BCUT2D eigenvalue weighted by Crippen LogP contribution is -2.31. The molecule has 0 atom stereocenters. The molecule has 0 fully saturated rings. The number of hydrogen-bond donors (Lipinski definition) is 2. The zero-order valence-electron chi connectivity index (χ0n) is 10.7. The van der Waals surface area contributed by atoms with Crippen LogP contribution in [0.25, 0.3) is 0 Å². The highest BCUT2D eigenvalue weighted by Gasteiger charge is 2.02. The molecule has 5 nitrogen and oxygen atoms in total. The van der Waals surface area contributed by atoms with Gasteiger partial charge in [-0.1, -0.05) is 13.8 Å². The number of alkyl carbamates (subject to hydrolysis) is 1. The Morgan fingerprint density at radius 2 is 1.75 bits per heavy atom. The second kappa shape index (κ2) is 9.42. The Morgan fingerprint density at radius 1 is 1.12 bits per heavy atom. The van der Waals surface area contributed by atoms with Gasteiger partial charge in [-0.05, 0) is 13.8 Å². The van der Waals surface area contributed by atoms with Crippen molar-refractivity contribution >= 4 is 6.09 Å². The summed E-state index contributed by atoms with van der Waals surface area (Å²) in [4.78, 5) is 11.0. The molecule has 0 aromatic heterocycles. The number of ether oxygens (including phenoxy) is 2. The Bertz CT molecular complexity index is 184. The van der Waals surface area contributed by atoms with Crippen LogP contribution < -0.4 is 10.6 Å². The van der Waals surface area contributed by atoms with Gasteiger partial charge in [-0.15, -0.1) is 0 Å². The lowest BCUT2D eigenvalue weighted by molar-refractivity contribution is 0.105. The van der Waals surface area contributed by atoms with E-state index in [1.807, 2.05) is 13.8 Å². The minimum Gasteiger partial charge on any atom is -0.447 e. The summed E-state index contributed by atoms with van der Waals surface area (Å²) in [6.07, 6.45) is -0.477. The van der Waals surface area contributed by atoms with E-state index in [1.165, 1.54) is 0 Å². The summed E-state index contributed by atoms with van der Waals surface area (Å²) in [6.45, 7) is 10.3. The van der Waals surface area contributed by atoms with E-state index in [1.54, 1.807) is 0 Å². The van der Waals surface area contributed by atoms with Gasteiger partial charge < -0.3 is 20.1 Å². The second-order valence-corrected chi connectivity index (χ2v) is 4.10. The predicted molar refractivity (Wildman–Crippen MR) is 63.6 cm³/mol. The molecular weight excluding hydrogens is 208 g/mol. The number of nitrogens with one attached hydrogen (secondary N) is 2. The van der Waals surface area contributed by atoms with Crippen molar-refractivity contribution in [2.24, 2.45) is 0 Å². The van der Waals surface area contributed by atoms with Gasteiger partial charge in [0.25, 0.3) is 0 Å². The van der Waals surface area contributed by atoms with Crippen LogP contribution in [0.4, 0.5) is 4.79 Å². The lowest BCUT2D eigenvalue weighted by Gasteiger charge is -2.10. The molecule has 0 saturated carbocycles. The average molecular weight is 232 g/mol. The topological polar surface area (TPSA) is 59.6 Å². The van der Waals surface area contributed by atoms with Crippen LogP contribution in [0.5, 0.6) is 0 Å². The van der Waals surface area contributed by atoms with E-state index in [2.05, 4.69) is 24.5 Å². The molecule has 5 heteroatoms. The molecule has 0 bridgehead atoms. The highest BCUT2D eigenvalue weighted by molar-refractivity contribution is 5.67. The van der Waals surface area contributed by atoms with Crippen molar-refractivity contribution in [2.45, 2.75) is 39.8 Å². The standard InChI is InChI=1S/C11H24N2O3/c1-9(2)12-5-7-15-8-6-13-11(14)16-10(3)4/h9-10,12H,5-8H2,1-4H3,(H,13,14). The van der Waals surface area contributed by atoms with E-state index < -0.39 is 0 Å². The third kappa shape index (κ3) is 11.3. The first-order valence-electron chi connectivity index (χ1n) is 5.78. The molecule has 0 radical (unpaired) electrons. The van der Waals surface area contributed by atoms with Gasteiger partial charge in [0.1, 0.15) is 0 Å². The summed E-state index contributed by atoms with van der Waals surface area (Å²) in [7, 11) is 0. The van der Waals surface area contributed by atoms with Crippen molar-refractivity contribution in [1.82, 2.24) is 10.6 Å². The summed E-state index contributed by atoms with van der Waals surface area (Å²) in [6, 6.07) is 0.475. The fraction of sp³-hybridized carbons (Fsp3) is 0.909. The van der Waals surface area contributed by atoms with E-state index in [9.17, 15) is 4.79 Å². The lowest BCUT2D eigenvalue weighted by atomic mass is 10.4. The van der Waals surface area contributed by atoms with Crippen LogP contribution >= 0.6 is 0 Å². The van der Waals surface area contributed by atoms with Crippen LogP contribution in [-0.2, 0) is 9.47 Å². The first-order valence-corrected chi connectivity index (χ1v) is 5.78. The molecule has 1 amide bonds. The Labute approximate surface area is 97.9 Å². The van der Waals surface area contributed by atoms with Gasteiger partial charge >= 0.3 is 6.09 Å². The molecule has 0 unspecified atom stereocenters. The smallest absolute Gasteiger partial charge is 0.407 e. The highest BCUT2D eigenvalue weighted by Crippen LogP contribution is 1.87. The van der Waals surface area contributed by atoms with Gasteiger partial charge in [-0.25, -0.2) is 4.79 Å². The van der Waals surface area contributed by atoms with Crippen molar-refractivity contribution < 1.29 is 14.3 Å². The monoisotopic (exact) mass is 232 g/mol. The van der Waals surface area contributed by atoms with Crippen molar-refractivity contribution in [1.29, 1.82) is 0 Å². The molecule has 0 rings (SSSR count). The molecule has 0 aromatic carbocycles. The van der Waals surface area contributed by atoms with E-state index in [0.29, 0.717) is 25.8 Å². The Balaban J connectivity index is 3.18. The van der Waals surface area contributed by atoms with Crippen molar-refractivity contribution in [3.8, 4) is 0 Å². The molecule has 0 spiro atoms. The van der Waals surface area contributed by atoms with E-state index in [4.69, 9.17) is 9.47 Å². The van der Waals surface area contributed by atoms with Gasteiger partial charge in [0.15, 0.2) is 0 Å². The number of carbonyl (C=O) groups is 1. The van der Waals surface area contributed by atoms with Gasteiger partial charge in [0.05, 0.1) is 19.3 Å². The molecular formula is C11H24N2O3. The van der Waals surface area contributed by atoms with Crippen LogP contribution in [0.15, 0.2) is 0 Å². The normalized spacial score (nSPS) is 10.9. The van der Waals surface area contributed by atoms with Gasteiger partial charge in [-0.2, -0.15) is 0 Å². The zero-order valence-corrected chi connectivity index (χ0v) is 10.7. The first kappa shape index (κ1) is 15.2. The Morgan fingerprint density at radius 3 is 2.31 bits per heavy atom. The minimum atomic E-state index is -0.390. The molecule has 16 heavy (non-hydrogen) atoms. The summed E-state index contributed by atoms with van der Waals surface area (Å²) < 4.78 is 10.2. The van der Waals surface area contributed by atoms with Crippen LogP contribution in [-0.4, -0.2) is 44.5 Å². The quantitative estimate of drug-likeness (QED) is 0.616. The number of rotatable bonds is 8. The molecule has 0 aliphatic heterocycles. The largest absolute Gasteiger partial charge is 0.447 e. The molecule has 0 aliphatic rings. The number of hydrogen-bond acceptors (Lipinski definition) is 4. The van der Waals surface area contributed by atoms with E-state index in [-0.39, 0.29) is 12.2 Å². The predicted octanol–water partition coefficient (Wildman–Crippen LogP) is 1.14. The maximum Gasteiger partial charge on any atom is 0.407 e. The Kier molecular flexibility index (Phi) is 8.94. The second-order valence-electron chi connectivity index (χ2n) is 4.10. The van der Waals surface area contributed by atoms with Gasteiger partial charge in [-0.3, -0.25) is 0 Å². The van der Waals surface area contributed by atoms with Crippen molar-refractivity contribution in [3.05, 3.63) is 0 Å². The average Bonchev–Trinajstić information content (AvgIpc) is 2.14. The minimum absolute atomic E-state index is 0.0869. The van der Waals surface area contributed by atoms with Gasteiger partial charge in [0.2, 0.25) is 0 Å². The van der Waals surface area contributed by atoms with E-state index in [0.717, 1.165) is 6.54 Å². The first-order chi connectivity index (χ1) is 7.52. The third-order valence-corrected chi connectivity index (χ3v) is 1.66. The molecule has 0 aromatic rings. The molecule has 0 heterocycles. The van der Waals surface area contributed by atoms with Crippen LogP contribution in [0.3, 0.4) is 0 Å². The van der Waals surface area contributed by atoms with Gasteiger partial charge in [0, 0.05) is 19.1 Å². The van der Waals surface area contributed by atoms with Crippen LogP contribution in [0.1, 0.15) is 27.7 Å². The number of amides is 1.